The standard InChI is InChI=1S/C24H18Cl2F3NO5S/c25-17-8-15(9-18(26)12-17)14-4-6-22-21(10-14)30(13-19(35-22)5-7-23(31)32)36(33,34)20-3-1-2-16(11-20)24(27,28)29/h1-4,6,8-12,19H,5,7,13H2,(H,31,32)/t19-/m0/s1. The molecule has 1 heterocycles. The molecule has 3 aromatic rings. The second kappa shape index (κ2) is 9.84. The Bertz CT molecular complexity index is 1410. The van der Waals surface area contributed by atoms with Crippen LogP contribution in [0.2, 0.25) is 10.0 Å². The molecular formula is C24H18Cl2F3NO5S. The number of ether oxygens (including phenoxy) is 1. The van der Waals surface area contributed by atoms with Crippen LogP contribution in [0.3, 0.4) is 0 Å². The van der Waals surface area contributed by atoms with E-state index in [4.69, 9.17) is 33.0 Å². The number of sulfonamides is 1. The van der Waals surface area contributed by atoms with E-state index >= 15 is 0 Å². The molecule has 4 rings (SSSR count). The third kappa shape index (κ3) is 5.55. The molecule has 0 aliphatic carbocycles. The van der Waals surface area contributed by atoms with E-state index in [1.54, 1.807) is 18.2 Å². The second-order valence-electron chi connectivity index (χ2n) is 8.07. The fourth-order valence-electron chi connectivity index (χ4n) is 3.83. The summed E-state index contributed by atoms with van der Waals surface area (Å²) in [5, 5.41) is 9.75. The normalized spacial score (nSPS) is 15.8. The van der Waals surface area contributed by atoms with Crippen molar-refractivity contribution in [3.8, 4) is 16.9 Å². The summed E-state index contributed by atoms with van der Waals surface area (Å²) in [5.41, 5.74) is 0.101. The van der Waals surface area contributed by atoms with Gasteiger partial charge in [0.05, 0.1) is 22.7 Å². The lowest BCUT2D eigenvalue weighted by Crippen LogP contribution is -2.43. The van der Waals surface area contributed by atoms with Gasteiger partial charge >= 0.3 is 12.1 Å². The number of hydrogen-bond acceptors (Lipinski definition) is 4. The number of hydrogen-bond donors (Lipinski definition) is 1. The predicted octanol–water partition coefficient (Wildman–Crippen LogP) is 6.50. The summed E-state index contributed by atoms with van der Waals surface area (Å²) in [6.07, 6.45) is -5.86. The summed E-state index contributed by atoms with van der Waals surface area (Å²) in [7, 11) is -4.49. The molecule has 1 atom stereocenters. The smallest absolute Gasteiger partial charge is 0.416 e. The van der Waals surface area contributed by atoms with Gasteiger partial charge in [-0.2, -0.15) is 13.2 Å². The zero-order valence-corrected chi connectivity index (χ0v) is 20.6. The number of anilines is 1. The lowest BCUT2D eigenvalue weighted by molar-refractivity contribution is -0.138. The summed E-state index contributed by atoms with van der Waals surface area (Å²) >= 11 is 12.2. The van der Waals surface area contributed by atoms with Crippen LogP contribution >= 0.6 is 23.2 Å². The largest absolute Gasteiger partial charge is 0.486 e. The second-order valence-corrected chi connectivity index (χ2v) is 10.8. The quantitative estimate of drug-likeness (QED) is 0.372. The van der Waals surface area contributed by atoms with Crippen molar-refractivity contribution in [3.63, 3.8) is 0 Å². The van der Waals surface area contributed by atoms with E-state index in [1.807, 2.05) is 0 Å². The molecule has 0 bridgehead atoms. The van der Waals surface area contributed by atoms with Crippen molar-refractivity contribution < 1.29 is 36.2 Å². The van der Waals surface area contributed by atoms with Gasteiger partial charge in [-0.25, -0.2) is 8.42 Å². The van der Waals surface area contributed by atoms with Crippen molar-refractivity contribution in [1.29, 1.82) is 0 Å². The van der Waals surface area contributed by atoms with Crippen LogP contribution in [-0.2, 0) is 21.0 Å². The maximum atomic E-state index is 13.6. The number of rotatable bonds is 6. The molecule has 0 radical (unpaired) electrons. The highest BCUT2D eigenvalue weighted by Crippen LogP contribution is 2.42. The van der Waals surface area contributed by atoms with Crippen molar-refractivity contribution in [3.05, 3.63) is 76.3 Å². The summed E-state index contributed by atoms with van der Waals surface area (Å²) in [6, 6.07) is 12.9. The first kappa shape index (κ1) is 26.1. The van der Waals surface area contributed by atoms with Gasteiger partial charge < -0.3 is 9.84 Å². The number of aliphatic carboxylic acids is 1. The minimum atomic E-state index is -4.74. The first-order valence-corrected chi connectivity index (χ1v) is 12.7. The van der Waals surface area contributed by atoms with Gasteiger partial charge in [-0.1, -0.05) is 35.3 Å². The van der Waals surface area contributed by atoms with Crippen molar-refractivity contribution >= 4 is 44.9 Å². The Labute approximate surface area is 214 Å². The molecule has 0 aromatic heterocycles. The molecule has 0 unspecified atom stereocenters. The van der Waals surface area contributed by atoms with Crippen molar-refractivity contribution in [1.82, 2.24) is 0 Å². The molecule has 0 saturated carbocycles. The topological polar surface area (TPSA) is 83.9 Å². The van der Waals surface area contributed by atoms with Gasteiger partial charge in [-0.05, 0) is 66.1 Å². The third-order valence-corrected chi connectivity index (χ3v) is 7.73. The summed E-state index contributed by atoms with van der Waals surface area (Å²) < 4.78 is 73.9. The number of nitrogens with zero attached hydrogens (tertiary/aromatic N) is 1. The maximum absolute atomic E-state index is 13.6. The van der Waals surface area contributed by atoms with E-state index in [9.17, 15) is 26.4 Å². The van der Waals surface area contributed by atoms with E-state index in [0.29, 0.717) is 27.2 Å². The Morgan fingerprint density at radius 1 is 1.03 bits per heavy atom. The van der Waals surface area contributed by atoms with Crippen LogP contribution < -0.4 is 9.04 Å². The molecular weight excluding hydrogens is 542 g/mol. The summed E-state index contributed by atoms with van der Waals surface area (Å²) in [5.74, 6) is -0.950. The van der Waals surface area contributed by atoms with Crippen LogP contribution in [0.1, 0.15) is 18.4 Å². The number of benzene rings is 3. The Balaban J connectivity index is 1.82. The molecule has 0 saturated heterocycles. The molecule has 0 amide bonds. The van der Waals surface area contributed by atoms with Gasteiger partial charge in [0.15, 0.2) is 0 Å². The van der Waals surface area contributed by atoms with Gasteiger partial charge in [0.2, 0.25) is 0 Å². The molecule has 6 nitrogen and oxygen atoms in total. The van der Waals surface area contributed by atoms with E-state index < -0.39 is 38.7 Å². The van der Waals surface area contributed by atoms with Gasteiger partial charge in [0, 0.05) is 16.5 Å². The maximum Gasteiger partial charge on any atom is 0.416 e. The van der Waals surface area contributed by atoms with Crippen LogP contribution in [0.4, 0.5) is 18.9 Å². The average Bonchev–Trinajstić information content (AvgIpc) is 2.80. The minimum Gasteiger partial charge on any atom is -0.486 e. The molecule has 0 spiro atoms. The first-order chi connectivity index (χ1) is 16.8. The van der Waals surface area contributed by atoms with E-state index in [2.05, 4.69) is 0 Å². The highest BCUT2D eigenvalue weighted by molar-refractivity contribution is 7.92. The molecule has 12 heteroatoms. The molecule has 0 fully saturated rings. The lowest BCUT2D eigenvalue weighted by Gasteiger charge is -2.36. The fraction of sp³-hybridized carbons (Fsp3) is 0.208. The monoisotopic (exact) mass is 559 g/mol. The van der Waals surface area contributed by atoms with Crippen molar-refractivity contribution in [2.45, 2.75) is 30.0 Å². The Kier molecular flexibility index (Phi) is 7.14. The van der Waals surface area contributed by atoms with Crippen LogP contribution in [0.5, 0.6) is 5.75 Å². The first-order valence-electron chi connectivity index (χ1n) is 10.5. The predicted molar refractivity (Wildman–Crippen MR) is 129 cm³/mol. The molecule has 1 N–H and O–H groups in total. The zero-order chi connectivity index (χ0) is 26.3. The number of alkyl halides is 3. The lowest BCUT2D eigenvalue weighted by atomic mass is 10.0. The molecule has 36 heavy (non-hydrogen) atoms. The molecule has 1 aliphatic heterocycles. The summed E-state index contributed by atoms with van der Waals surface area (Å²) in [6.45, 7) is -0.293. The Hall–Kier alpha value is -2.95. The van der Waals surface area contributed by atoms with Gasteiger partial charge in [-0.15, -0.1) is 0 Å². The SMILES string of the molecule is O=C(O)CC[C@H]1CN(S(=O)(=O)c2cccc(C(F)(F)F)c2)c2cc(-c3cc(Cl)cc(Cl)c3)ccc2O1. The number of carbonyl (C=O) groups is 1. The average molecular weight is 560 g/mol. The fourth-order valence-corrected chi connectivity index (χ4v) is 5.91. The van der Waals surface area contributed by atoms with E-state index in [1.165, 1.54) is 18.2 Å². The van der Waals surface area contributed by atoms with Crippen LogP contribution in [0.15, 0.2) is 65.6 Å². The number of carboxylic acids is 1. The number of halogens is 5. The van der Waals surface area contributed by atoms with Crippen molar-refractivity contribution in [2.24, 2.45) is 0 Å². The van der Waals surface area contributed by atoms with E-state index in [-0.39, 0.29) is 30.8 Å². The molecule has 3 aromatic carbocycles. The zero-order valence-electron chi connectivity index (χ0n) is 18.3. The Morgan fingerprint density at radius 2 is 1.72 bits per heavy atom. The number of fused-ring (bicyclic) bond motifs is 1. The molecule has 190 valence electrons. The van der Waals surface area contributed by atoms with Crippen LogP contribution in [0, 0.1) is 0 Å². The van der Waals surface area contributed by atoms with Gasteiger partial charge in [-0.3, -0.25) is 9.10 Å². The highest BCUT2D eigenvalue weighted by Gasteiger charge is 2.37. The summed E-state index contributed by atoms with van der Waals surface area (Å²) in [4.78, 5) is 10.5. The Morgan fingerprint density at radius 3 is 2.36 bits per heavy atom. The van der Waals surface area contributed by atoms with Gasteiger partial charge in [0.1, 0.15) is 11.9 Å². The van der Waals surface area contributed by atoms with Crippen LogP contribution in [-0.4, -0.2) is 32.1 Å². The van der Waals surface area contributed by atoms with Gasteiger partial charge in [0.25, 0.3) is 10.0 Å². The minimum absolute atomic E-state index is 0.00492. The van der Waals surface area contributed by atoms with E-state index in [0.717, 1.165) is 22.5 Å². The van der Waals surface area contributed by atoms with Crippen LogP contribution in [0.25, 0.3) is 11.1 Å². The molecule has 1 aliphatic rings. The highest BCUT2D eigenvalue weighted by atomic mass is 35.5. The third-order valence-electron chi connectivity index (χ3n) is 5.52. The van der Waals surface area contributed by atoms with Crippen molar-refractivity contribution in [2.75, 3.05) is 10.8 Å². The number of carboxylic acid groups (broad SMARTS) is 1.